The second-order valence-corrected chi connectivity index (χ2v) is 20.8. The maximum Gasteiger partial charge on any atom is 0.324 e. The molecule has 1 unspecified atom stereocenters. The Bertz CT molecular complexity index is 2690. The van der Waals surface area contributed by atoms with Gasteiger partial charge in [0.2, 0.25) is 17.7 Å². The SMILES string of the molecule is C[C@H]1c2c(cc(F)c(Cl)c2-c2c(C(N)=O)ccc(OCCO)c2F)O[C@]1(CNC1CCC(C(=O)N2CCC(N3CCC(c4ccc5c(c4)CCC5N4CCC(=O)NC4=O)CC3)CC2)CC1)c1ccccc1. The lowest BCUT2D eigenvalue weighted by Gasteiger charge is -2.43. The van der Waals surface area contributed by atoms with E-state index in [1.807, 2.05) is 42.2 Å². The number of rotatable bonds is 13. The van der Waals surface area contributed by atoms with Gasteiger partial charge >= 0.3 is 6.03 Å². The number of likely N-dealkylation sites (tertiary alicyclic amines) is 2. The van der Waals surface area contributed by atoms with E-state index in [4.69, 9.17) is 26.8 Å². The standard InChI is InChI=1S/C55H63ClF2N6O7/c1-32-47-45(30-42(57)50(56)49(47)48-41(52(59)67)14-16-44(51(48)58)70-28-27-65)71-55(32,37-5-3-2-4-6-37)31-60-38-11-7-34(8-12-38)53(68)63-24-19-39(20-25-63)62-22-17-33(18-23-62)35-9-13-40-36(29-35)10-15-43(40)64-26-21-46(66)61-54(64)69/h2-6,9,13-14,16,29-30,32-34,38-39,43,60,65H,7-8,10-12,15,17-28,31H2,1H3,(H2,59,67)(H,61,66,69)/t32-,34?,38?,43?,55-/m0/s1. The number of amides is 5. The van der Waals surface area contributed by atoms with E-state index in [1.54, 1.807) is 0 Å². The number of primary amides is 1. The van der Waals surface area contributed by atoms with E-state index in [9.17, 15) is 24.3 Å². The van der Waals surface area contributed by atoms with Gasteiger partial charge in [-0.1, -0.05) is 67.1 Å². The van der Waals surface area contributed by atoms with E-state index in [-0.39, 0.29) is 82.3 Å². The summed E-state index contributed by atoms with van der Waals surface area (Å²) in [6.45, 7) is 5.72. The Hall–Kier alpha value is -5.61. The average Bonchev–Trinajstić information content (AvgIpc) is 3.93. The first-order valence-electron chi connectivity index (χ1n) is 25.5. The number of nitrogens with two attached hydrogens (primary N) is 1. The Morgan fingerprint density at radius 3 is 2.35 bits per heavy atom. The van der Waals surface area contributed by atoms with E-state index >= 15 is 8.78 Å². The van der Waals surface area contributed by atoms with Gasteiger partial charge in [0.05, 0.1) is 23.2 Å². The van der Waals surface area contributed by atoms with Crippen LogP contribution < -0.4 is 25.8 Å². The number of carbonyl (C=O) groups excluding carboxylic acids is 4. The van der Waals surface area contributed by atoms with Crippen LogP contribution in [-0.4, -0.2) is 108 Å². The highest BCUT2D eigenvalue weighted by Crippen LogP contribution is 2.56. The Kier molecular flexibility index (Phi) is 14.1. The van der Waals surface area contributed by atoms with Gasteiger partial charge in [-0.2, -0.15) is 0 Å². The van der Waals surface area contributed by atoms with E-state index in [1.165, 1.54) is 34.9 Å². The lowest BCUT2D eigenvalue weighted by molar-refractivity contribution is -0.138. The molecule has 0 aromatic heterocycles. The molecule has 4 fully saturated rings. The molecule has 0 bridgehead atoms. The fourth-order valence-corrected chi connectivity index (χ4v) is 13.0. The molecule has 4 aliphatic heterocycles. The molecule has 5 amide bonds. The number of aryl methyl sites for hydroxylation is 1. The van der Waals surface area contributed by atoms with Gasteiger partial charge in [0, 0.05) is 79.3 Å². The zero-order valence-electron chi connectivity index (χ0n) is 40.2. The Balaban J connectivity index is 0.742. The van der Waals surface area contributed by atoms with Crippen molar-refractivity contribution in [2.45, 2.75) is 113 Å². The normalized spacial score (nSPS) is 25.1. The largest absolute Gasteiger partial charge is 0.488 e. The molecule has 0 radical (unpaired) electrons. The van der Waals surface area contributed by atoms with Crippen molar-refractivity contribution in [3.63, 3.8) is 0 Å². The molecular formula is C55H63ClF2N6O7. The molecule has 0 spiro atoms. The van der Waals surface area contributed by atoms with Crippen molar-refractivity contribution in [1.82, 2.24) is 25.3 Å². The van der Waals surface area contributed by atoms with Crippen molar-refractivity contribution in [3.8, 4) is 22.6 Å². The molecule has 1 saturated carbocycles. The quantitative estimate of drug-likeness (QED) is 0.104. The van der Waals surface area contributed by atoms with Crippen LogP contribution in [0.4, 0.5) is 13.6 Å². The number of imide groups is 1. The summed E-state index contributed by atoms with van der Waals surface area (Å²) in [4.78, 5) is 57.6. The van der Waals surface area contributed by atoms with Gasteiger partial charge in [-0.05, 0) is 118 Å². The van der Waals surface area contributed by atoms with Crippen molar-refractivity contribution in [1.29, 1.82) is 0 Å². The molecule has 10 rings (SSSR count). The number of ether oxygens (including phenoxy) is 2. The highest BCUT2D eigenvalue weighted by atomic mass is 35.5. The lowest BCUT2D eigenvalue weighted by Crippen LogP contribution is -2.51. The monoisotopic (exact) mass is 992 g/mol. The second-order valence-electron chi connectivity index (χ2n) is 20.4. The topological polar surface area (TPSA) is 167 Å². The third-order valence-corrected chi connectivity index (χ3v) is 16.9. The third-order valence-electron chi connectivity index (χ3n) is 16.6. The molecule has 16 heteroatoms. The summed E-state index contributed by atoms with van der Waals surface area (Å²) in [5.74, 6) is -2.88. The number of nitrogens with zero attached hydrogens (tertiary/aromatic N) is 3. The van der Waals surface area contributed by atoms with Gasteiger partial charge in [-0.15, -0.1) is 0 Å². The Morgan fingerprint density at radius 2 is 1.65 bits per heavy atom. The first-order chi connectivity index (χ1) is 34.3. The third kappa shape index (κ3) is 9.39. The zero-order valence-corrected chi connectivity index (χ0v) is 41.0. The van der Waals surface area contributed by atoms with E-state index < -0.39 is 29.1 Å². The van der Waals surface area contributed by atoms with Crippen molar-refractivity contribution in [2.75, 3.05) is 52.5 Å². The van der Waals surface area contributed by atoms with Crippen LogP contribution in [0.3, 0.4) is 0 Å². The summed E-state index contributed by atoms with van der Waals surface area (Å²) in [5, 5.41) is 15.2. The van der Waals surface area contributed by atoms with Crippen LogP contribution in [0.5, 0.6) is 11.5 Å². The molecule has 376 valence electrons. The van der Waals surface area contributed by atoms with Crippen LogP contribution in [0, 0.1) is 17.6 Å². The van der Waals surface area contributed by atoms with Crippen LogP contribution >= 0.6 is 11.6 Å². The van der Waals surface area contributed by atoms with Crippen molar-refractivity contribution in [2.24, 2.45) is 11.7 Å². The highest BCUT2D eigenvalue weighted by Gasteiger charge is 2.50. The average molecular weight is 994 g/mol. The van der Waals surface area contributed by atoms with Crippen LogP contribution in [0.1, 0.15) is 127 Å². The predicted molar refractivity (Wildman–Crippen MR) is 264 cm³/mol. The molecule has 4 heterocycles. The minimum Gasteiger partial charge on any atom is -0.488 e. The molecule has 4 aromatic rings. The fourth-order valence-electron chi connectivity index (χ4n) is 12.7. The molecule has 4 aromatic carbocycles. The summed E-state index contributed by atoms with van der Waals surface area (Å²) in [5.41, 5.74) is 9.27. The minimum atomic E-state index is -1.10. The maximum atomic E-state index is 16.5. The number of aliphatic hydroxyl groups is 1. The number of benzene rings is 4. The summed E-state index contributed by atoms with van der Waals surface area (Å²) in [6, 6.07) is 20.5. The van der Waals surface area contributed by atoms with E-state index in [0.29, 0.717) is 37.0 Å². The van der Waals surface area contributed by atoms with Crippen molar-refractivity contribution < 1.29 is 42.5 Å². The number of nitrogens with one attached hydrogen (secondary N) is 2. The number of hydrogen-bond acceptors (Lipinski definition) is 9. The summed E-state index contributed by atoms with van der Waals surface area (Å²) in [6.07, 6.45) is 9.41. The number of aliphatic hydroxyl groups excluding tert-OH is 1. The molecule has 71 heavy (non-hydrogen) atoms. The molecular weight excluding hydrogens is 930 g/mol. The molecule has 6 aliphatic rings. The molecule has 2 aliphatic carbocycles. The van der Waals surface area contributed by atoms with Gasteiger partial charge in [-0.3, -0.25) is 19.7 Å². The van der Waals surface area contributed by atoms with Crippen molar-refractivity contribution in [3.05, 3.63) is 117 Å². The van der Waals surface area contributed by atoms with E-state index in [2.05, 4.69) is 38.6 Å². The number of fused-ring (bicyclic) bond motifs is 2. The molecule has 3 saturated heterocycles. The van der Waals surface area contributed by atoms with Crippen LogP contribution in [0.25, 0.3) is 11.1 Å². The maximum absolute atomic E-state index is 16.5. The van der Waals surface area contributed by atoms with Gasteiger partial charge in [0.1, 0.15) is 18.2 Å². The number of urea groups is 1. The van der Waals surface area contributed by atoms with Gasteiger partial charge < -0.3 is 40.3 Å². The number of piperidine rings is 2. The van der Waals surface area contributed by atoms with E-state index in [0.717, 1.165) is 96.0 Å². The molecule has 5 N–H and O–H groups in total. The molecule has 13 nitrogen and oxygen atoms in total. The summed E-state index contributed by atoms with van der Waals surface area (Å²) >= 11 is 6.73. The first kappa shape index (κ1) is 49.0. The summed E-state index contributed by atoms with van der Waals surface area (Å²) in [7, 11) is 0. The Morgan fingerprint density at radius 1 is 0.901 bits per heavy atom. The van der Waals surface area contributed by atoms with Gasteiger partial charge in [0.25, 0.3) is 0 Å². The highest BCUT2D eigenvalue weighted by molar-refractivity contribution is 6.34. The number of halogens is 3. The zero-order chi connectivity index (χ0) is 49.6. The second kappa shape index (κ2) is 20.5. The predicted octanol–water partition coefficient (Wildman–Crippen LogP) is 8.09. The molecule has 3 atom stereocenters. The van der Waals surface area contributed by atoms with Gasteiger partial charge in [-0.25, -0.2) is 13.6 Å². The first-order valence-corrected chi connectivity index (χ1v) is 25.8. The number of carbonyl (C=O) groups is 4. The van der Waals surface area contributed by atoms with Crippen LogP contribution in [0.15, 0.2) is 66.7 Å². The smallest absolute Gasteiger partial charge is 0.324 e. The number of hydrogen-bond donors (Lipinski definition) is 4. The fraction of sp³-hybridized carbons (Fsp3) is 0.491. The van der Waals surface area contributed by atoms with Crippen molar-refractivity contribution >= 4 is 35.4 Å². The van der Waals surface area contributed by atoms with Crippen LogP contribution in [0.2, 0.25) is 5.02 Å². The van der Waals surface area contributed by atoms with Gasteiger partial charge in [0.15, 0.2) is 17.2 Å². The Labute approximate surface area is 418 Å². The minimum absolute atomic E-state index is 0.0272. The lowest BCUT2D eigenvalue weighted by atomic mass is 9.77. The summed E-state index contributed by atoms with van der Waals surface area (Å²) < 4.78 is 44.6. The van der Waals surface area contributed by atoms with Crippen LogP contribution in [-0.2, 0) is 21.6 Å².